The van der Waals surface area contributed by atoms with E-state index in [-0.39, 0.29) is 5.02 Å². The summed E-state index contributed by atoms with van der Waals surface area (Å²) in [5.74, 6) is 0.147. The van der Waals surface area contributed by atoms with Crippen molar-refractivity contribution in [1.29, 1.82) is 0 Å². The van der Waals surface area contributed by atoms with Gasteiger partial charge in [0.2, 0.25) is 0 Å². The minimum Gasteiger partial charge on any atom is -0.465 e. The zero-order valence-corrected chi connectivity index (χ0v) is 11.9. The SMILES string of the molecule is [B]c1ccc(Oc2ccc(C(=O)OC)cc2Cl)c(C=O)c1. The fourth-order valence-electron chi connectivity index (χ4n) is 1.70. The summed E-state index contributed by atoms with van der Waals surface area (Å²) in [6.07, 6.45) is 0.641. The lowest BCUT2D eigenvalue weighted by molar-refractivity contribution is 0.0600. The van der Waals surface area contributed by atoms with Gasteiger partial charge in [0.1, 0.15) is 19.3 Å². The number of hydrogen-bond donors (Lipinski definition) is 0. The highest BCUT2D eigenvalue weighted by Gasteiger charge is 2.11. The first-order valence-electron chi connectivity index (χ1n) is 5.95. The molecule has 0 aliphatic carbocycles. The predicted molar refractivity (Wildman–Crippen MR) is 80.1 cm³/mol. The lowest BCUT2D eigenvalue weighted by atomic mass is 9.94. The highest BCUT2D eigenvalue weighted by molar-refractivity contribution is 6.33. The number of ether oxygens (including phenoxy) is 2. The van der Waals surface area contributed by atoms with Gasteiger partial charge in [-0.2, -0.15) is 0 Å². The van der Waals surface area contributed by atoms with E-state index < -0.39 is 5.97 Å². The van der Waals surface area contributed by atoms with E-state index in [1.807, 2.05) is 0 Å². The first-order valence-corrected chi connectivity index (χ1v) is 6.33. The van der Waals surface area contributed by atoms with Crippen LogP contribution in [0.25, 0.3) is 0 Å². The molecule has 0 spiro atoms. The van der Waals surface area contributed by atoms with Crippen LogP contribution in [0.1, 0.15) is 20.7 Å². The molecule has 0 unspecified atom stereocenters. The molecule has 2 radical (unpaired) electrons. The molecule has 0 fully saturated rings. The Morgan fingerprint density at radius 3 is 2.52 bits per heavy atom. The quantitative estimate of drug-likeness (QED) is 0.494. The molecule has 2 rings (SSSR count). The van der Waals surface area contributed by atoms with Crippen molar-refractivity contribution >= 4 is 37.2 Å². The van der Waals surface area contributed by atoms with Crippen molar-refractivity contribution in [2.45, 2.75) is 0 Å². The smallest absolute Gasteiger partial charge is 0.337 e. The Hall–Kier alpha value is -2.27. The molecule has 2 aromatic rings. The lowest BCUT2D eigenvalue weighted by Gasteiger charge is -2.11. The number of aldehydes is 1. The Bertz CT molecular complexity index is 700. The lowest BCUT2D eigenvalue weighted by Crippen LogP contribution is -2.04. The molecule has 0 saturated carbocycles. The highest BCUT2D eigenvalue weighted by atomic mass is 35.5. The van der Waals surface area contributed by atoms with Crippen LogP contribution in [0.5, 0.6) is 11.5 Å². The monoisotopic (exact) mass is 300 g/mol. The summed E-state index contributed by atoms with van der Waals surface area (Å²) in [5.41, 5.74) is 1.07. The molecule has 0 N–H and O–H groups in total. The van der Waals surface area contributed by atoms with Crippen molar-refractivity contribution in [3.63, 3.8) is 0 Å². The third-order valence-corrected chi connectivity index (χ3v) is 3.03. The van der Waals surface area contributed by atoms with Crippen molar-refractivity contribution in [2.24, 2.45) is 0 Å². The summed E-state index contributed by atoms with van der Waals surface area (Å²) in [6.45, 7) is 0. The van der Waals surface area contributed by atoms with Crippen molar-refractivity contribution in [3.05, 3.63) is 52.5 Å². The van der Waals surface area contributed by atoms with E-state index in [9.17, 15) is 9.59 Å². The van der Waals surface area contributed by atoms with Crippen LogP contribution in [0.3, 0.4) is 0 Å². The van der Waals surface area contributed by atoms with Gasteiger partial charge in [0.15, 0.2) is 6.29 Å². The zero-order chi connectivity index (χ0) is 15.4. The van der Waals surface area contributed by atoms with Gasteiger partial charge in [-0.15, -0.1) is 0 Å². The maximum Gasteiger partial charge on any atom is 0.337 e. The Labute approximate surface area is 128 Å². The Balaban J connectivity index is 2.32. The molecule has 0 bridgehead atoms. The van der Waals surface area contributed by atoms with Gasteiger partial charge >= 0.3 is 5.97 Å². The molecule has 0 aliphatic rings. The molecule has 0 amide bonds. The minimum atomic E-state index is -0.496. The van der Waals surface area contributed by atoms with Crippen molar-refractivity contribution in [1.82, 2.24) is 0 Å². The summed E-state index contributed by atoms with van der Waals surface area (Å²) in [5, 5.41) is 0.228. The van der Waals surface area contributed by atoms with Crippen LogP contribution in [0.15, 0.2) is 36.4 Å². The normalized spacial score (nSPS) is 10.0. The number of carbonyl (C=O) groups is 2. The molecule has 0 heterocycles. The summed E-state index contributed by atoms with van der Waals surface area (Å²) >= 11 is 6.06. The molecule has 2 aromatic carbocycles. The first-order chi connectivity index (χ1) is 10.0. The second-order valence-corrected chi connectivity index (χ2v) is 4.56. The highest BCUT2D eigenvalue weighted by Crippen LogP contribution is 2.31. The standard InChI is InChI=1S/C15H10BClO4/c1-20-15(19)9-2-4-14(12(17)7-9)21-13-5-3-11(16)6-10(13)8-18/h2-8H,1H3. The third-order valence-electron chi connectivity index (χ3n) is 2.73. The van der Waals surface area contributed by atoms with Crippen LogP contribution in [0.2, 0.25) is 5.02 Å². The molecular formula is C15H10BClO4. The van der Waals surface area contributed by atoms with Gasteiger partial charge in [-0.3, -0.25) is 4.79 Å². The number of hydrogen-bond acceptors (Lipinski definition) is 4. The van der Waals surface area contributed by atoms with E-state index in [1.54, 1.807) is 12.1 Å². The molecule has 21 heavy (non-hydrogen) atoms. The van der Waals surface area contributed by atoms with Gasteiger partial charge in [0.05, 0.1) is 23.3 Å². The zero-order valence-electron chi connectivity index (χ0n) is 11.1. The predicted octanol–water partition coefficient (Wildman–Crippen LogP) is 2.53. The van der Waals surface area contributed by atoms with E-state index in [2.05, 4.69) is 4.74 Å². The number of halogens is 1. The third kappa shape index (κ3) is 3.44. The molecule has 4 nitrogen and oxygen atoms in total. The maximum atomic E-state index is 11.4. The average molecular weight is 301 g/mol. The molecule has 104 valence electrons. The van der Waals surface area contributed by atoms with Gasteiger partial charge in [0.25, 0.3) is 0 Å². The van der Waals surface area contributed by atoms with E-state index in [0.717, 1.165) is 0 Å². The molecule has 0 saturated heterocycles. The van der Waals surface area contributed by atoms with Crippen LogP contribution in [-0.4, -0.2) is 27.2 Å². The summed E-state index contributed by atoms with van der Waals surface area (Å²) < 4.78 is 10.2. The second-order valence-electron chi connectivity index (χ2n) is 4.15. The number of benzene rings is 2. The Morgan fingerprint density at radius 2 is 1.90 bits per heavy atom. The Morgan fingerprint density at radius 1 is 1.19 bits per heavy atom. The van der Waals surface area contributed by atoms with Crippen LogP contribution in [0, 0.1) is 0 Å². The number of carbonyl (C=O) groups excluding carboxylic acids is 2. The number of rotatable bonds is 4. The molecule has 0 aliphatic heterocycles. The summed E-state index contributed by atoms with van der Waals surface area (Å²) in [6, 6.07) is 9.16. The van der Waals surface area contributed by atoms with Gasteiger partial charge < -0.3 is 9.47 Å². The topological polar surface area (TPSA) is 52.6 Å². The molecule has 0 atom stereocenters. The molecule has 0 aromatic heterocycles. The second kappa shape index (κ2) is 6.46. The summed E-state index contributed by atoms with van der Waals surface area (Å²) in [4.78, 5) is 22.4. The summed E-state index contributed by atoms with van der Waals surface area (Å²) in [7, 11) is 6.89. The average Bonchev–Trinajstić information content (AvgIpc) is 2.49. The van der Waals surface area contributed by atoms with Crippen molar-refractivity contribution in [2.75, 3.05) is 7.11 Å². The van der Waals surface area contributed by atoms with E-state index in [0.29, 0.717) is 34.4 Å². The fraction of sp³-hybridized carbons (Fsp3) is 0.0667. The fourth-order valence-corrected chi connectivity index (χ4v) is 1.92. The van der Waals surface area contributed by atoms with E-state index in [4.69, 9.17) is 24.2 Å². The van der Waals surface area contributed by atoms with E-state index >= 15 is 0 Å². The van der Waals surface area contributed by atoms with Crippen molar-refractivity contribution < 1.29 is 19.1 Å². The van der Waals surface area contributed by atoms with Crippen LogP contribution < -0.4 is 10.2 Å². The minimum absolute atomic E-state index is 0.228. The largest absolute Gasteiger partial charge is 0.465 e. The van der Waals surface area contributed by atoms with Crippen molar-refractivity contribution in [3.8, 4) is 11.5 Å². The molecule has 6 heteroatoms. The maximum absolute atomic E-state index is 11.4. The van der Waals surface area contributed by atoms with E-state index in [1.165, 1.54) is 31.4 Å². The van der Waals surface area contributed by atoms with Gasteiger partial charge in [-0.1, -0.05) is 29.2 Å². The van der Waals surface area contributed by atoms with Gasteiger partial charge in [-0.05, 0) is 24.3 Å². The first kappa shape index (κ1) is 15.1. The van der Waals surface area contributed by atoms with Crippen LogP contribution in [-0.2, 0) is 4.74 Å². The van der Waals surface area contributed by atoms with Crippen LogP contribution >= 0.6 is 11.6 Å². The number of esters is 1. The van der Waals surface area contributed by atoms with Crippen LogP contribution in [0.4, 0.5) is 0 Å². The van der Waals surface area contributed by atoms with Gasteiger partial charge in [-0.25, -0.2) is 4.79 Å². The Kier molecular flexibility index (Phi) is 4.65. The number of methoxy groups -OCH3 is 1. The van der Waals surface area contributed by atoms with Gasteiger partial charge in [0, 0.05) is 0 Å². The molecular weight excluding hydrogens is 290 g/mol.